The third-order valence-corrected chi connectivity index (χ3v) is 6.01. The molecule has 2 aromatic carbocycles. The molecule has 0 fully saturated rings. The molecule has 0 saturated heterocycles. The molecule has 1 heterocycles. The highest BCUT2D eigenvalue weighted by Gasteiger charge is 2.11. The molecule has 0 aliphatic rings. The summed E-state index contributed by atoms with van der Waals surface area (Å²) < 4.78 is 6.00. The number of para-hydroxylation sites is 2. The molecule has 0 saturated carbocycles. The first-order chi connectivity index (χ1) is 13.1. The van der Waals surface area contributed by atoms with Crippen molar-refractivity contribution < 1.29 is 9.53 Å². The lowest BCUT2D eigenvalue weighted by molar-refractivity contribution is -0.113. The van der Waals surface area contributed by atoms with Crippen LogP contribution in [0, 0.1) is 6.92 Å². The minimum Gasteiger partial charge on any atom is -0.495 e. The largest absolute Gasteiger partial charge is 0.495 e. The number of hydrogen-bond donors (Lipinski definition) is 2. The predicted molar refractivity (Wildman–Crippen MR) is 112 cm³/mol. The summed E-state index contributed by atoms with van der Waals surface area (Å²) in [6.07, 6.45) is 0. The summed E-state index contributed by atoms with van der Waals surface area (Å²) in [5, 5.41) is 15.5. The summed E-state index contributed by atoms with van der Waals surface area (Å²) in [4.78, 5) is 12.2. The van der Waals surface area contributed by atoms with Crippen LogP contribution < -0.4 is 15.4 Å². The topological polar surface area (TPSA) is 76.1 Å². The quantitative estimate of drug-likeness (QED) is 0.525. The lowest BCUT2D eigenvalue weighted by Gasteiger charge is -2.08. The standard InChI is InChI=1S/C18H17ClN4O2S2/c1-11-12(19)6-5-8-13(11)20-16(24)10-26-18-23-22-17(27-18)21-14-7-3-4-9-15(14)25-2/h3-9H,10H2,1-2H3,(H,20,24)(H,21,22). The lowest BCUT2D eigenvalue weighted by Crippen LogP contribution is -2.14. The van der Waals surface area contributed by atoms with Crippen LogP contribution >= 0.6 is 34.7 Å². The van der Waals surface area contributed by atoms with Gasteiger partial charge < -0.3 is 15.4 Å². The molecule has 27 heavy (non-hydrogen) atoms. The molecule has 2 N–H and O–H groups in total. The van der Waals surface area contributed by atoms with Gasteiger partial charge >= 0.3 is 0 Å². The monoisotopic (exact) mass is 420 g/mol. The van der Waals surface area contributed by atoms with Crippen LogP contribution in [-0.2, 0) is 4.79 Å². The van der Waals surface area contributed by atoms with Gasteiger partial charge in [0.1, 0.15) is 5.75 Å². The van der Waals surface area contributed by atoms with Crippen molar-refractivity contribution in [2.75, 3.05) is 23.5 Å². The minimum absolute atomic E-state index is 0.125. The van der Waals surface area contributed by atoms with Crippen LogP contribution in [0.1, 0.15) is 5.56 Å². The van der Waals surface area contributed by atoms with Crippen molar-refractivity contribution in [3.8, 4) is 5.75 Å². The van der Waals surface area contributed by atoms with Gasteiger partial charge in [-0.05, 0) is 36.8 Å². The van der Waals surface area contributed by atoms with Gasteiger partial charge in [-0.25, -0.2) is 0 Å². The molecule has 6 nitrogen and oxygen atoms in total. The second-order valence-electron chi connectivity index (χ2n) is 5.45. The summed E-state index contributed by atoms with van der Waals surface area (Å²) in [5.74, 6) is 0.827. The Labute approximate surface area is 170 Å². The molecule has 0 bridgehead atoms. The first kappa shape index (κ1) is 19.5. The summed E-state index contributed by atoms with van der Waals surface area (Å²) in [7, 11) is 1.61. The Hall–Kier alpha value is -2.29. The molecule has 3 aromatic rings. The van der Waals surface area contributed by atoms with Crippen LogP contribution in [-0.4, -0.2) is 29.0 Å². The smallest absolute Gasteiger partial charge is 0.234 e. The van der Waals surface area contributed by atoms with Crippen molar-refractivity contribution in [3.05, 3.63) is 53.1 Å². The maximum absolute atomic E-state index is 12.2. The highest BCUT2D eigenvalue weighted by Crippen LogP contribution is 2.31. The van der Waals surface area contributed by atoms with Crippen molar-refractivity contribution in [2.45, 2.75) is 11.3 Å². The van der Waals surface area contributed by atoms with Gasteiger partial charge in [0.05, 0.1) is 18.6 Å². The second kappa shape index (κ2) is 9.07. The number of carbonyl (C=O) groups is 1. The van der Waals surface area contributed by atoms with E-state index in [0.29, 0.717) is 20.2 Å². The first-order valence-electron chi connectivity index (χ1n) is 7.98. The molecule has 0 aliphatic carbocycles. The molecular weight excluding hydrogens is 404 g/mol. The van der Waals surface area contributed by atoms with E-state index < -0.39 is 0 Å². The van der Waals surface area contributed by atoms with E-state index in [0.717, 1.165) is 17.0 Å². The minimum atomic E-state index is -0.125. The van der Waals surface area contributed by atoms with Crippen molar-refractivity contribution in [3.63, 3.8) is 0 Å². The fourth-order valence-electron chi connectivity index (χ4n) is 2.24. The van der Waals surface area contributed by atoms with E-state index in [1.165, 1.54) is 23.1 Å². The zero-order valence-corrected chi connectivity index (χ0v) is 17.0. The molecule has 0 spiro atoms. The Balaban J connectivity index is 1.56. The maximum atomic E-state index is 12.2. The third-order valence-electron chi connectivity index (χ3n) is 3.62. The second-order valence-corrected chi connectivity index (χ2v) is 8.05. The van der Waals surface area contributed by atoms with Gasteiger partial charge in [-0.3, -0.25) is 4.79 Å². The fraction of sp³-hybridized carbons (Fsp3) is 0.167. The van der Waals surface area contributed by atoms with Crippen molar-refractivity contribution >= 4 is 57.1 Å². The van der Waals surface area contributed by atoms with Crippen LogP contribution in [0.25, 0.3) is 0 Å². The van der Waals surface area contributed by atoms with E-state index in [1.807, 2.05) is 37.3 Å². The van der Waals surface area contributed by atoms with Gasteiger partial charge in [0.25, 0.3) is 0 Å². The number of anilines is 3. The molecule has 0 aliphatic heterocycles. The number of halogens is 1. The van der Waals surface area contributed by atoms with E-state index >= 15 is 0 Å². The number of ether oxygens (including phenoxy) is 1. The molecule has 140 valence electrons. The Kier molecular flexibility index (Phi) is 6.54. The molecule has 3 rings (SSSR count). The van der Waals surface area contributed by atoms with Crippen LogP contribution in [0.3, 0.4) is 0 Å². The number of carbonyl (C=O) groups excluding carboxylic acids is 1. The Morgan fingerprint density at radius 3 is 2.78 bits per heavy atom. The highest BCUT2D eigenvalue weighted by atomic mass is 35.5. The average molecular weight is 421 g/mol. The first-order valence-corrected chi connectivity index (χ1v) is 10.2. The number of methoxy groups -OCH3 is 1. The van der Waals surface area contributed by atoms with Crippen molar-refractivity contribution in [2.24, 2.45) is 0 Å². The predicted octanol–water partition coefficient (Wildman–Crippen LogP) is 4.98. The molecule has 1 amide bonds. The number of thioether (sulfide) groups is 1. The zero-order valence-electron chi connectivity index (χ0n) is 14.7. The summed E-state index contributed by atoms with van der Waals surface area (Å²) in [5.41, 5.74) is 2.36. The van der Waals surface area contributed by atoms with Crippen LogP contribution in [0.4, 0.5) is 16.5 Å². The van der Waals surface area contributed by atoms with Crippen molar-refractivity contribution in [1.29, 1.82) is 0 Å². The number of rotatable bonds is 7. The average Bonchev–Trinajstić information content (AvgIpc) is 3.12. The Bertz CT molecular complexity index is 949. The van der Waals surface area contributed by atoms with Crippen LogP contribution in [0.5, 0.6) is 5.75 Å². The summed E-state index contributed by atoms with van der Waals surface area (Å²) in [6, 6.07) is 13.0. The normalized spacial score (nSPS) is 10.5. The molecular formula is C18H17ClN4O2S2. The van der Waals surface area contributed by atoms with Crippen LogP contribution in [0.2, 0.25) is 5.02 Å². The number of nitrogens with one attached hydrogen (secondary N) is 2. The summed E-state index contributed by atoms with van der Waals surface area (Å²) in [6.45, 7) is 1.87. The lowest BCUT2D eigenvalue weighted by atomic mass is 10.2. The summed E-state index contributed by atoms with van der Waals surface area (Å²) >= 11 is 8.77. The molecule has 0 atom stereocenters. The fourth-order valence-corrected chi connectivity index (χ4v) is 3.98. The number of hydrogen-bond acceptors (Lipinski definition) is 7. The molecule has 1 aromatic heterocycles. The Morgan fingerprint density at radius 2 is 1.96 bits per heavy atom. The number of benzene rings is 2. The van der Waals surface area contributed by atoms with Gasteiger partial charge in [0, 0.05) is 10.7 Å². The van der Waals surface area contributed by atoms with Gasteiger partial charge in [-0.15, -0.1) is 10.2 Å². The van der Waals surface area contributed by atoms with E-state index in [2.05, 4.69) is 20.8 Å². The maximum Gasteiger partial charge on any atom is 0.234 e. The highest BCUT2D eigenvalue weighted by molar-refractivity contribution is 8.01. The van der Waals surface area contributed by atoms with E-state index in [9.17, 15) is 4.79 Å². The van der Waals surface area contributed by atoms with Gasteiger partial charge in [0.2, 0.25) is 11.0 Å². The Morgan fingerprint density at radius 1 is 1.19 bits per heavy atom. The number of aromatic nitrogens is 2. The number of nitrogens with zero attached hydrogens (tertiary/aromatic N) is 2. The van der Waals surface area contributed by atoms with Gasteiger partial charge in [0.15, 0.2) is 4.34 Å². The molecule has 0 unspecified atom stereocenters. The van der Waals surface area contributed by atoms with E-state index in [-0.39, 0.29) is 11.7 Å². The van der Waals surface area contributed by atoms with E-state index in [1.54, 1.807) is 19.2 Å². The van der Waals surface area contributed by atoms with Gasteiger partial charge in [-0.1, -0.05) is 52.9 Å². The van der Waals surface area contributed by atoms with E-state index in [4.69, 9.17) is 16.3 Å². The van der Waals surface area contributed by atoms with Crippen molar-refractivity contribution in [1.82, 2.24) is 10.2 Å². The zero-order chi connectivity index (χ0) is 19.2. The van der Waals surface area contributed by atoms with Gasteiger partial charge in [-0.2, -0.15) is 0 Å². The number of amides is 1. The SMILES string of the molecule is COc1ccccc1Nc1nnc(SCC(=O)Nc2cccc(Cl)c2C)s1. The molecule has 9 heteroatoms. The van der Waals surface area contributed by atoms with Crippen LogP contribution in [0.15, 0.2) is 46.8 Å². The third kappa shape index (κ3) is 5.12. The molecule has 0 radical (unpaired) electrons.